The number of nitrogens with zero attached hydrogens (tertiary/aromatic N) is 1. The Hall–Kier alpha value is -2.95. The normalized spacial score (nSPS) is 15.6. The molecule has 0 aromatic heterocycles. The molecule has 0 amide bonds. The molecule has 0 saturated carbocycles. The van der Waals surface area contributed by atoms with Gasteiger partial charge in [-0.25, -0.2) is 14.2 Å². The molecular formula is C17H12FNO3. The number of aliphatic imine (C=N–C) groups is 1. The molecule has 0 N–H and O–H groups in total. The second kappa shape index (κ2) is 5.81. The van der Waals surface area contributed by atoms with Crippen LogP contribution < -0.4 is 4.74 Å². The van der Waals surface area contributed by atoms with Gasteiger partial charge in [0.05, 0.1) is 7.11 Å². The lowest BCUT2D eigenvalue weighted by Crippen LogP contribution is -2.05. The third-order valence-corrected chi connectivity index (χ3v) is 3.15. The van der Waals surface area contributed by atoms with Crippen LogP contribution in [-0.4, -0.2) is 19.0 Å². The highest BCUT2D eigenvalue weighted by molar-refractivity contribution is 6.12. The van der Waals surface area contributed by atoms with Gasteiger partial charge in [-0.1, -0.05) is 18.2 Å². The minimum Gasteiger partial charge on any atom is -0.497 e. The van der Waals surface area contributed by atoms with Gasteiger partial charge in [-0.3, -0.25) is 0 Å². The molecule has 0 bridgehead atoms. The van der Waals surface area contributed by atoms with E-state index in [2.05, 4.69) is 4.99 Å². The first-order chi connectivity index (χ1) is 10.7. The zero-order chi connectivity index (χ0) is 15.5. The predicted octanol–water partition coefficient (Wildman–Crippen LogP) is 3.18. The van der Waals surface area contributed by atoms with Gasteiger partial charge in [-0.15, -0.1) is 0 Å². The average molecular weight is 297 g/mol. The van der Waals surface area contributed by atoms with Crippen LogP contribution in [0.5, 0.6) is 5.75 Å². The lowest BCUT2D eigenvalue weighted by Gasteiger charge is -2.01. The molecule has 0 aliphatic carbocycles. The summed E-state index contributed by atoms with van der Waals surface area (Å²) in [6, 6.07) is 13.1. The maximum absolute atomic E-state index is 13.6. The van der Waals surface area contributed by atoms with Crippen LogP contribution in [0.25, 0.3) is 6.08 Å². The number of carbonyl (C=O) groups is 1. The highest BCUT2D eigenvalue weighted by Gasteiger charge is 2.24. The highest BCUT2D eigenvalue weighted by Crippen LogP contribution is 2.21. The summed E-state index contributed by atoms with van der Waals surface area (Å²) in [6.07, 6.45) is 1.37. The van der Waals surface area contributed by atoms with Crippen molar-refractivity contribution in [1.82, 2.24) is 0 Å². The van der Waals surface area contributed by atoms with Crippen molar-refractivity contribution in [3.05, 3.63) is 71.2 Å². The van der Waals surface area contributed by atoms with E-state index >= 15 is 0 Å². The molecule has 0 radical (unpaired) electrons. The van der Waals surface area contributed by atoms with Crippen molar-refractivity contribution < 1.29 is 18.7 Å². The Morgan fingerprint density at radius 3 is 2.55 bits per heavy atom. The van der Waals surface area contributed by atoms with Crippen molar-refractivity contribution in [3.63, 3.8) is 0 Å². The number of hydrogen-bond donors (Lipinski definition) is 0. The Morgan fingerprint density at radius 1 is 1.14 bits per heavy atom. The van der Waals surface area contributed by atoms with Gasteiger partial charge in [0, 0.05) is 11.1 Å². The molecule has 110 valence electrons. The van der Waals surface area contributed by atoms with Crippen molar-refractivity contribution in [3.8, 4) is 5.75 Å². The Kier molecular flexibility index (Phi) is 3.70. The minimum atomic E-state index is -0.603. The molecule has 4 nitrogen and oxygen atoms in total. The molecule has 1 aliphatic heterocycles. The molecule has 0 unspecified atom stereocenters. The van der Waals surface area contributed by atoms with Crippen LogP contribution in [-0.2, 0) is 9.53 Å². The molecule has 22 heavy (non-hydrogen) atoms. The van der Waals surface area contributed by atoms with Crippen LogP contribution >= 0.6 is 0 Å². The van der Waals surface area contributed by atoms with Crippen LogP contribution in [0.2, 0.25) is 0 Å². The first-order valence-corrected chi connectivity index (χ1v) is 6.59. The Bertz CT molecular complexity index is 779. The summed E-state index contributed by atoms with van der Waals surface area (Å²) in [4.78, 5) is 16.0. The van der Waals surface area contributed by atoms with Gasteiger partial charge in [0.1, 0.15) is 11.6 Å². The van der Waals surface area contributed by atoms with Crippen LogP contribution in [0.15, 0.2) is 59.2 Å². The summed E-state index contributed by atoms with van der Waals surface area (Å²) in [7, 11) is 1.57. The summed E-state index contributed by atoms with van der Waals surface area (Å²) in [5, 5.41) is 0. The molecular weight excluding hydrogens is 285 g/mol. The third-order valence-electron chi connectivity index (χ3n) is 3.15. The third kappa shape index (κ3) is 2.74. The molecule has 1 aliphatic rings. The van der Waals surface area contributed by atoms with E-state index in [0.717, 1.165) is 0 Å². The maximum atomic E-state index is 13.6. The lowest BCUT2D eigenvalue weighted by molar-refractivity contribution is -0.129. The zero-order valence-corrected chi connectivity index (χ0v) is 11.7. The van der Waals surface area contributed by atoms with Gasteiger partial charge in [-0.05, 0) is 36.4 Å². The number of carbonyl (C=O) groups excluding carboxylic acids is 1. The molecule has 3 rings (SSSR count). The number of methoxy groups -OCH3 is 1. The lowest BCUT2D eigenvalue weighted by atomic mass is 10.2. The molecule has 0 atom stereocenters. The second-order valence-corrected chi connectivity index (χ2v) is 4.59. The number of benzene rings is 2. The monoisotopic (exact) mass is 297 g/mol. The topological polar surface area (TPSA) is 47.9 Å². The maximum Gasteiger partial charge on any atom is 0.363 e. The number of esters is 1. The molecule has 0 saturated heterocycles. The Labute approximate surface area is 126 Å². The van der Waals surface area contributed by atoms with Crippen LogP contribution in [0.1, 0.15) is 11.1 Å². The Morgan fingerprint density at radius 2 is 1.86 bits per heavy atom. The van der Waals surface area contributed by atoms with Gasteiger partial charge in [0.25, 0.3) is 0 Å². The summed E-state index contributed by atoms with van der Waals surface area (Å²) in [5.74, 6) is -0.143. The van der Waals surface area contributed by atoms with Gasteiger partial charge < -0.3 is 9.47 Å². The van der Waals surface area contributed by atoms with E-state index in [4.69, 9.17) is 9.47 Å². The van der Waals surface area contributed by atoms with Crippen molar-refractivity contribution in [2.75, 3.05) is 7.11 Å². The first kappa shape index (κ1) is 14.0. The van der Waals surface area contributed by atoms with Gasteiger partial charge >= 0.3 is 5.97 Å². The summed E-state index contributed by atoms with van der Waals surface area (Å²) in [6.45, 7) is 0. The summed E-state index contributed by atoms with van der Waals surface area (Å²) < 4.78 is 23.8. The smallest absolute Gasteiger partial charge is 0.363 e. The number of ether oxygens (including phenoxy) is 2. The van der Waals surface area contributed by atoms with Crippen LogP contribution in [0.4, 0.5) is 4.39 Å². The SMILES string of the molecule is COc1ccc(C2=N/C(=C/c3ccccc3F)C(=O)O2)cc1. The number of rotatable bonds is 3. The molecule has 2 aromatic carbocycles. The fourth-order valence-corrected chi connectivity index (χ4v) is 2.01. The summed E-state index contributed by atoms with van der Waals surface area (Å²) in [5.41, 5.74) is 0.996. The van der Waals surface area contributed by atoms with E-state index in [1.54, 1.807) is 49.6 Å². The van der Waals surface area contributed by atoms with E-state index in [0.29, 0.717) is 11.3 Å². The van der Waals surface area contributed by atoms with Crippen LogP contribution in [0, 0.1) is 5.82 Å². The van der Waals surface area contributed by atoms with E-state index in [1.807, 2.05) is 0 Å². The van der Waals surface area contributed by atoms with Crippen LogP contribution in [0.3, 0.4) is 0 Å². The number of cyclic esters (lactones) is 1. The van der Waals surface area contributed by atoms with Crippen molar-refractivity contribution in [2.24, 2.45) is 4.99 Å². The fourth-order valence-electron chi connectivity index (χ4n) is 2.01. The van der Waals surface area contributed by atoms with E-state index in [1.165, 1.54) is 12.1 Å². The quantitative estimate of drug-likeness (QED) is 0.646. The standard InChI is InChI=1S/C17H12FNO3/c1-21-13-8-6-11(7-9-13)16-19-15(17(20)22-16)10-12-4-2-3-5-14(12)18/h2-10H,1H3/b15-10+. The first-order valence-electron chi connectivity index (χ1n) is 6.59. The summed E-state index contributed by atoms with van der Waals surface area (Å²) >= 11 is 0. The molecule has 0 spiro atoms. The molecule has 1 heterocycles. The van der Waals surface area contributed by atoms with E-state index in [9.17, 15) is 9.18 Å². The zero-order valence-electron chi connectivity index (χ0n) is 11.7. The minimum absolute atomic E-state index is 0.0657. The van der Waals surface area contributed by atoms with E-state index in [-0.39, 0.29) is 17.2 Å². The predicted molar refractivity (Wildman–Crippen MR) is 80.0 cm³/mol. The highest BCUT2D eigenvalue weighted by atomic mass is 19.1. The molecule has 2 aromatic rings. The fraction of sp³-hybridized carbons (Fsp3) is 0.0588. The van der Waals surface area contributed by atoms with Gasteiger partial charge in [0.2, 0.25) is 5.90 Å². The molecule has 5 heteroatoms. The average Bonchev–Trinajstić information content (AvgIpc) is 2.91. The molecule has 0 fully saturated rings. The van der Waals surface area contributed by atoms with Crippen molar-refractivity contribution >= 4 is 17.9 Å². The van der Waals surface area contributed by atoms with Gasteiger partial charge in [0.15, 0.2) is 5.70 Å². The largest absolute Gasteiger partial charge is 0.497 e. The number of hydrogen-bond acceptors (Lipinski definition) is 4. The van der Waals surface area contributed by atoms with E-state index < -0.39 is 11.8 Å². The Balaban J connectivity index is 1.92. The number of halogens is 1. The van der Waals surface area contributed by atoms with Gasteiger partial charge in [-0.2, -0.15) is 0 Å². The van der Waals surface area contributed by atoms with Crippen molar-refractivity contribution in [1.29, 1.82) is 0 Å². The van der Waals surface area contributed by atoms with Crippen molar-refractivity contribution in [2.45, 2.75) is 0 Å². The second-order valence-electron chi connectivity index (χ2n) is 4.59.